The number of sulfonamides is 1. The number of hydrogen-bond donors (Lipinski definition) is 2. The van der Waals surface area contributed by atoms with E-state index in [0.29, 0.717) is 22.4 Å². The average Bonchev–Trinajstić information content (AvgIpc) is 3.12. The molecule has 4 aromatic carbocycles. The van der Waals surface area contributed by atoms with Crippen molar-refractivity contribution in [1.82, 2.24) is 0 Å². The van der Waals surface area contributed by atoms with Crippen molar-refractivity contribution in [1.29, 1.82) is 0 Å². The summed E-state index contributed by atoms with van der Waals surface area (Å²) in [5, 5.41) is 17.3. The van der Waals surface area contributed by atoms with Gasteiger partial charge in [-0.15, -0.1) is 0 Å². The van der Waals surface area contributed by atoms with E-state index in [9.17, 15) is 23.3 Å². The molecule has 5 rings (SSSR count). The number of hydrazone groups is 1. The summed E-state index contributed by atoms with van der Waals surface area (Å²) in [5.41, 5.74) is 5.52. The first-order valence-electron chi connectivity index (χ1n) is 10.9. The predicted octanol–water partition coefficient (Wildman–Crippen LogP) is 5.18. The smallest absolute Gasteiger partial charge is 0.270 e. The van der Waals surface area contributed by atoms with Gasteiger partial charge in [0.1, 0.15) is 10.6 Å². The molecule has 0 unspecified atom stereocenters. The lowest BCUT2D eigenvalue weighted by Crippen LogP contribution is -2.17. The third kappa shape index (κ3) is 3.97. The van der Waals surface area contributed by atoms with Crippen LogP contribution < -0.4 is 10.1 Å². The summed E-state index contributed by atoms with van der Waals surface area (Å²) >= 11 is 0. The van der Waals surface area contributed by atoms with Crippen LogP contribution in [0.3, 0.4) is 0 Å². The van der Waals surface area contributed by atoms with E-state index in [0.717, 1.165) is 22.4 Å². The number of anilines is 2. The van der Waals surface area contributed by atoms with Gasteiger partial charge in [-0.3, -0.25) is 25.1 Å². The molecule has 0 saturated carbocycles. The molecule has 36 heavy (non-hydrogen) atoms. The van der Waals surface area contributed by atoms with Crippen molar-refractivity contribution < 1.29 is 18.1 Å². The van der Waals surface area contributed by atoms with Crippen LogP contribution in [0.5, 0.6) is 0 Å². The van der Waals surface area contributed by atoms with E-state index in [2.05, 4.69) is 15.2 Å². The zero-order valence-corrected chi connectivity index (χ0v) is 20.1. The van der Waals surface area contributed by atoms with Gasteiger partial charge in [-0.25, -0.2) is 8.42 Å². The van der Waals surface area contributed by atoms with Gasteiger partial charge in [0, 0.05) is 28.6 Å². The van der Waals surface area contributed by atoms with E-state index in [-0.39, 0.29) is 22.1 Å². The van der Waals surface area contributed by atoms with Crippen LogP contribution >= 0.6 is 0 Å². The number of nitro groups is 1. The normalized spacial score (nSPS) is 13.8. The number of ketones is 1. The maximum atomic E-state index is 13.3. The second-order valence-corrected chi connectivity index (χ2v) is 10.1. The summed E-state index contributed by atoms with van der Waals surface area (Å²) in [6, 6.07) is 19.5. The van der Waals surface area contributed by atoms with E-state index < -0.39 is 20.6 Å². The standard InChI is InChI=1S/C26H20N4O5S/c1-15-9-11-21(16(2)13-15)29-36(34,35)23-14-18(30(32)33)10-12-22(23)27-28-25-19-7-3-5-17-6-4-8-20(24(17)19)26(25)31/h3-14,27,29H,1-2H3. The Balaban J connectivity index is 1.56. The van der Waals surface area contributed by atoms with Crippen LogP contribution in [0.25, 0.3) is 10.8 Å². The molecule has 0 aliphatic heterocycles. The number of Topliss-reactive ketones (excluding diaryl/α,β-unsaturated/α-hetero) is 1. The minimum Gasteiger partial charge on any atom is -0.287 e. The van der Waals surface area contributed by atoms with E-state index in [1.165, 1.54) is 12.1 Å². The van der Waals surface area contributed by atoms with Crippen molar-refractivity contribution >= 4 is 49.4 Å². The highest BCUT2D eigenvalue weighted by Crippen LogP contribution is 2.33. The van der Waals surface area contributed by atoms with E-state index in [1.807, 2.05) is 31.2 Å². The lowest BCUT2D eigenvalue weighted by molar-refractivity contribution is -0.385. The van der Waals surface area contributed by atoms with Crippen molar-refractivity contribution in [3.63, 3.8) is 0 Å². The maximum absolute atomic E-state index is 13.3. The molecule has 1 aliphatic carbocycles. The van der Waals surface area contributed by atoms with Gasteiger partial charge in [0.25, 0.3) is 15.7 Å². The highest BCUT2D eigenvalue weighted by molar-refractivity contribution is 7.92. The zero-order valence-electron chi connectivity index (χ0n) is 19.3. The second kappa shape index (κ2) is 8.58. The predicted molar refractivity (Wildman–Crippen MR) is 138 cm³/mol. The fraction of sp³-hybridized carbons (Fsp3) is 0.0769. The van der Waals surface area contributed by atoms with Crippen molar-refractivity contribution in [2.24, 2.45) is 5.10 Å². The third-order valence-electron chi connectivity index (χ3n) is 6.00. The topological polar surface area (TPSA) is 131 Å². The van der Waals surface area contributed by atoms with Crippen LogP contribution in [0.2, 0.25) is 0 Å². The molecule has 0 aromatic heterocycles. The fourth-order valence-electron chi connectivity index (χ4n) is 4.27. The summed E-state index contributed by atoms with van der Waals surface area (Å²) < 4.78 is 29.2. The Hall–Kier alpha value is -4.57. The quantitative estimate of drug-likeness (QED) is 0.277. The molecule has 0 fully saturated rings. The molecule has 180 valence electrons. The molecule has 0 saturated heterocycles. The highest BCUT2D eigenvalue weighted by Gasteiger charge is 2.29. The molecule has 0 amide bonds. The van der Waals surface area contributed by atoms with Crippen LogP contribution in [0.15, 0.2) is 82.8 Å². The van der Waals surface area contributed by atoms with Crippen LogP contribution in [-0.2, 0) is 10.0 Å². The number of nitrogens with one attached hydrogen (secondary N) is 2. The number of carbonyl (C=O) groups excluding carboxylic acids is 1. The molecule has 1 aliphatic rings. The summed E-state index contributed by atoms with van der Waals surface area (Å²) in [7, 11) is -4.26. The lowest BCUT2D eigenvalue weighted by atomic mass is 10.1. The van der Waals surface area contributed by atoms with Gasteiger partial charge in [0.15, 0.2) is 0 Å². The van der Waals surface area contributed by atoms with Crippen LogP contribution in [0, 0.1) is 24.0 Å². The first kappa shape index (κ1) is 23.2. The number of rotatable bonds is 6. The molecule has 9 nitrogen and oxygen atoms in total. The second-order valence-electron chi connectivity index (χ2n) is 8.47. The number of non-ortho nitro benzene ring substituents is 1. The molecule has 0 heterocycles. The molecule has 0 spiro atoms. The number of carbonyl (C=O) groups is 1. The van der Waals surface area contributed by atoms with E-state index in [4.69, 9.17) is 0 Å². The first-order valence-corrected chi connectivity index (χ1v) is 12.4. The van der Waals surface area contributed by atoms with Crippen LogP contribution in [-0.4, -0.2) is 24.8 Å². The maximum Gasteiger partial charge on any atom is 0.270 e. The van der Waals surface area contributed by atoms with Gasteiger partial charge in [0.2, 0.25) is 5.78 Å². The number of nitro benzene ring substituents is 1. The molecule has 4 aromatic rings. The van der Waals surface area contributed by atoms with Crippen LogP contribution in [0.1, 0.15) is 27.0 Å². The van der Waals surface area contributed by atoms with Gasteiger partial charge < -0.3 is 0 Å². The van der Waals surface area contributed by atoms with E-state index in [1.54, 1.807) is 37.3 Å². The molecule has 0 atom stereocenters. The molecule has 10 heteroatoms. The Labute approximate surface area is 206 Å². The SMILES string of the molecule is Cc1ccc(NS(=O)(=O)c2cc([N+](=O)[O-])ccc2NN=C2C(=O)c3cccc4cccc2c34)c(C)c1. The first-order chi connectivity index (χ1) is 17.2. The summed E-state index contributed by atoms with van der Waals surface area (Å²) in [6.45, 7) is 3.64. The lowest BCUT2D eigenvalue weighted by Gasteiger charge is -2.14. The van der Waals surface area contributed by atoms with Gasteiger partial charge in [-0.2, -0.15) is 5.10 Å². The summed E-state index contributed by atoms with van der Waals surface area (Å²) in [5.74, 6) is -0.297. The Morgan fingerprint density at radius 2 is 1.58 bits per heavy atom. The Morgan fingerprint density at radius 1 is 0.889 bits per heavy atom. The van der Waals surface area contributed by atoms with E-state index >= 15 is 0 Å². The van der Waals surface area contributed by atoms with Crippen LogP contribution in [0.4, 0.5) is 17.1 Å². The summed E-state index contributed by atoms with van der Waals surface area (Å²) in [4.78, 5) is 23.4. The minimum atomic E-state index is -4.26. The van der Waals surface area contributed by atoms with Gasteiger partial charge >= 0.3 is 0 Å². The average molecular weight is 501 g/mol. The molecule has 0 radical (unpaired) electrons. The van der Waals surface area contributed by atoms with Crippen molar-refractivity contribution in [2.45, 2.75) is 18.7 Å². The number of benzene rings is 4. The molecule has 2 N–H and O–H groups in total. The Bertz CT molecular complexity index is 1720. The van der Waals surface area contributed by atoms with Crippen molar-refractivity contribution in [3.8, 4) is 0 Å². The van der Waals surface area contributed by atoms with Gasteiger partial charge in [-0.05, 0) is 36.9 Å². The van der Waals surface area contributed by atoms with Crippen molar-refractivity contribution in [3.05, 3.63) is 105 Å². The number of hydrogen-bond acceptors (Lipinski definition) is 7. The molecule has 0 bridgehead atoms. The van der Waals surface area contributed by atoms with Crippen molar-refractivity contribution in [2.75, 3.05) is 10.1 Å². The Morgan fingerprint density at radius 3 is 2.28 bits per heavy atom. The highest BCUT2D eigenvalue weighted by atomic mass is 32.2. The monoisotopic (exact) mass is 500 g/mol. The van der Waals surface area contributed by atoms with Gasteiger partial charge in [-0.1, -0.05) is 54.1 Å². The number of aryl methyl sites for hydroxylation is 2. The van der Waals surface area contributed by atoms with Gasteiger partial charge in [0.05, 0.1) is 16.3 Å². The minimum absolute atomic E-state index is 0.0127. The number of nitrogens with zero attached hydrogens (tertiary/aromatic N) is 2. The molecular formula is C26H20N4O5S. The zero-order chi connectivity index (χ0) is 25.6. The largest absolute Gasteiger partial charge is 0.287 e. The fourth-order valence-corrected chi connectivity index (χ4v) is 5.58. The molecular weight excluding hydrogens is 480 g/mol. The summed E-state index contributed by atoms with van der Waals surface area (Å²) in [6.07, 6.45) is 0. The third-order valence-corrected chi connectivity index (χ3v) is 7.40. The Kier molecular flexibility index (Phi) is 5.52.